The van der Waals surface area contributed by atoms with Gasteiger partial charge in [-0.3, -0.25) is 0 Å². The maximum absolute atomic E-state index is 13.2. The number of amides is 2. The number of aryl methyl sites for hydroxylation is 1. The van der Waals surface area contributed by atoms with Crippen LogP contribution >= 0.6 is 0 Å². The van der Waals surface area contributed by atoms with Crippen molar-refractivity contribution in [1.29, 1.82) is 0 Å². The van der Waals surface area contributed by atoms with Crippen LogP contribution in [-0.4, -0.2) is 29.1 Å². The van der Waals surface area contributed by atoms with Gasteiger partial charge in [0.25, 0.3) is 0 Å². The zero-order valence-electron chi connectivity index (χ0n) is 17.4. The van der Waals surface area contributed by atoms with Gasteiger partial charge in [-0.1, -0.05) is 6.07 Å². The molecule has 0 aliphatic carbocycles. The van der Waals surface area contributed by atoms with Crippen LogP contribution in [0.3, 0.4) is 0 Å². The number of benzene rings is 2. The van der Waals surface area contributed by atoms with Crippen LogP contribution in [0.2, 0.25) is 0 Å². The van der Waals surface area contributed by atoms with Crippen LogP contribution in [0.25, 0.3) is 0 Å². The number of piperidine rings is 1. The van der Waals surface area contributed by atoms with Gasteiger partial charge in [-0.25, -0.2) is 19.2 Å². The standard InChI is InChI=1S/C23H25FN6O/c1-16-25-21(15-22(26-16)30-12-3-2-4-13-30)27-18-8-10-19(11-9-18)28-23(31)29-20-7-5-6-17(24)14-20/h5-11,14-15H,2-4,12-13H2,1H3,(H,25,26,27)(H2,28,29,31). The molecule has 1 fully saturated rings. The number of urea groups is 1. The second-order valence-electron chi connectivity index (χ2n) is 7.50. The summed E-state index contributed by atoms with van der Waals surface area (Å²) < 4.78 is 13.2. The summed E-state index contributed by atoms with van der Waals surface area (Å²) in [5.41, 5.74) is 1.85. The van der Waals surface area contributed by atoms with E-state index in [1.165, 1.54) is 37.5 Å². The molecule has 1 aromatic heterocycles. The Morgan fingerprint density at radius 3 is 2.35 bits per heavy atom. The van der Waals surface area contributed by atoms with Gasteiger partial charge in [-0.2, -0.15) is 0 Å². The molecule has 3 aromatic rings. The first-order valence-electron chi connectivity index (χ1n) is 10.4. The van der Waals surface area contributed by atoms with Gasteiger partial charge in [-0.05, 0) is 68.7 Å². The minimum atomic E-state index is -0.441. The lowest BCUT2D eigenvalue weighted by Crippen LogP contribution is -2.30. The Balaban J connectivity index is 1.38. The van der Waals surface area contributed by atoms with Gasteiger partial charge in [0.05, 0.1) is 0 Å². The van der Waals surface area contributed by atoms with Crippen molar-refractivity contribution in [2.75, 3.05) is 33.9 Å². The molecule has 8 heteroatoms. The van der Waals surface area contributed by atoms with Crippen LogP contribution in [0.15, 0.2) is 54.6 Å². The summed E-state index contributed by atoms with van der Waals surface area (Å²) in [5, 5.41) is 8.63. The summed E-state index contributed by atoms with van der Waals surface area (Å²) in [4.78, 5) is 23.5. The molecule has 2 amide bonds. The average Bonchev–Trinajstić information content (AvgIpc) is 2.75. The molecule has 1 aliphatic heterocycles. The molecule has 0 spiro atoms. The number of hydrogen-bond acceptors (Lipinski definition) is 5. The smallest absolute Gasteiger partial charge is 0.323 e. The van der Waals surface area contributed by atoms with Gasteiger partial charge in [0.2, 0.25) is 0 Å². The maximum atomic E-state index is 13.2. The third kappa shape index (κ3) is 5.69. The van der Waals surface area contributed by atoms with Crippen LogP contribution in [0.5, 0.6) is 0 Å². The molecule has 31 heavy (non-hydrogen) atoms. The fourth-order valence-electron chi connectivity index (χ4n) is 3.55. The monoisotopic (exact) mass is 420 g/mol. The third-order valence-corrected chi connectivity index (χ3v) is 5.00. The molecule has 0 unspecified atom stereocenters. The molecule has 0 bridgehead atoms. The SMILES string of the molecule is Cc1nc(Nc2ccc(NC(=O)Nc3cccc(F)c3)cc2)cc(N2CCCCC2)n1. The number of rotatable bonds is 5. The number of aromatic nitrogens is 2. The van der Waals surface area contributed by atoms with Crippen molar-refractivity contribution in [2.24, 2.45) is 0 Å². The van der Waals surface area contributed by atoms with Crippen LogP contribution in [0, 0.1) is 12.7 Å². The highest BCUT2D eigenvalue weighted by Gasteiger charge is 2.14. The normalized spacial score (nSPS) is 13.5. The first-order chi connectivity index (χ1) is 15.0. The predicted molar refractivity (Wildman–Crippen MR) is 122 cm³/mol. The maximum Gasteiger partial charge on any atom is 0.323 e. The number of carbonyl (C=O) groups excluding carboxylic acids is 1. The van der Waals surface area contributed by atoms with Crippen LogP contribution in [-0.2, 0) is 0 Å². The van der Waals surface area contributed by atoms with E-state index in [1.54, 1.807) is 18.2 Å². The fourth-order valence-corrected chi connectivity index (χ4v) is 3.55. The van der Waals surface area contributed by atoms with Crippen molar-refractivity contribution in [2.45, 2.75) is 26.2 Å². The Hall–Kier alpha value is -3.68. The summed E-state index contributed by atoms with van der Waals surface area (Å²) in [6, 6.07) is 14.6. The van der Waals surface area contributed by atoms with E-state index < -0.39 is 11.8 Å². The minimum absolute atomic E-state index is 0.388. The summed E-state index contributed by atoms with van der Waals surface area (Å²) in [5.74, 6) is 1.99. The largest absolute Gasteiger partial charge is 0.356 e. The number of anilines is 5. The molecule has 0 saturated carbocycles. The highest BCUT2D eigenvalue weighted by molar-refractivity contribution is 5.99. The van der Waals surface area contributed by atoms with Gasteiger partial charge >= 0.3 is 6.03 Å². The highest BCUT2D eigenvalue weighted by atomic mass is 19.1. The number of nitrogens with zero attached hydrogens (tertiary/aromatic N) is 3. The first-order valence-corrected chi connectivity index (χ1v) is 10.4. The lowest BCUT2D eigenvalue weighted by atomic mass is 10.1. The van der Waals surface area contributed by atoms with Gasteiger partial charge < -0.3 is 20.9 Å². The van der Waals surface area contributed by atoms with Crippen LogP contribution in [0.4, 0.5) is 37.9 Å². The average molecular weight is 420 g/mol. The molecule has 2 aromatic carbocycles. The lowest BCUT2D eigenvalue weighted by Gasteiger charge is -2.28. The van der Waals surface area contributed by atoms with E-state index in [2.05, 4.69) is 30.8 Å². The first kappa shape index (κ1) is 20.6. The van der Waals surface area contributed by atoms with E-state index in [0.29, 0.717) is 11.4 Å². The molecule has 160 valence electrons. The topological polar surface area (TPSA) is 82.2 Å². The van der Waals surface area contributed by atoms with Gasteiger partial charge in [0, 0.05) is 36.2 Å². The van der Waals surface area contributed by atoms with E-state index in [0.717, 1.165) is 36.2 Å². The fraction of sp³-hybridized carbons (Fsp3) is 0.261. The molecule has 3 N–H and O–H groups in total. The lowest BCUT2D eigenvalue weighted by molar-refractivity contribution is 0.262. The Kier molecular flexibility index (Phi) is 6.26. The second kappa shape index (κ2) is 9.42. The van der Waals surface area contributed by atoms with Crippen molar-refractivity contribution >= 4 is 34.7 Å². The number of carbonyl (C=O) groups is 1. The summed E-state index contributed by atoms with van der Waals surface area (Å²) in [6.45, 7) is 3.94. The Bertz CT molecular complexity index is 1050. The molecule has 0 atom stereocenters. The minimum Gasteiger partial charge on any atom is -0.356 e. The van der Waals surface area contributed by atoms with E-state index in [4.69, 9.17) is 0 Å². The molecule has 1 saturated heterocycles. The summed E-state index contributed by atoms with van der Waals surface area (Å²) >= 11 is 0. The zero-order chi connectivity index (χ0) is 21.6. The van der Waals surface area contributed by atoms with Gasteiger partial charge in [0.1, 0.15) is 23.3 Å². The Morgan fingerprint density at radius 1 is 0.903 bits per heavy atom. The molecule has 2 heterocycles. The van der Waals surface area contributed by atoms with E-state index in [1.807, 2.05) is 25.1 Å². The molecular formula is C23H25FN6O. The zero-order valence-corrected chi connectivity index (χ0v) is 17.4. The van der Waals surface area contributed by atoms with Gasteiger partial charge in [-0.15, -0.1) is 0 Å². The van der Waals surface area contributed by atoms with Crippen molar-refractivity contribution in [1.82, 2.24) is 9.97 Å². The second-order valence-corrected chi connectivity index (χ2v) is 7.50. The molecule has 0 radical (unpaired) electrons. The van der Waals surface area contributed by atoms with Crippen LogP contribution in [0.1, 0.15) is 25.1 Å². The molecular weight excluding hydrogens is 395 g/mol. The number of halogens is 1. The van der Waals surface area contributed by atoms with Gasteiger partial charge in [0.15, 0.2) is 0 Å². The van der Waals surface area contributed by atoms with E-state index >= 15 is 0 Å². The molecule has 1 aliphatic rings. The molecule has 7 nitrogen and oxygen atoms in total. The summed E-state index contributed by atoms with van der Waals surface area (Å²) in [7, 11) is 0. The molecule has 4 rings (SSSR count). The van der Waals surface area contributed by atoms with E-state index in [-0.39, 0.29) is 0 Å². The predicted octanol–water partition coefficient (Wildman–Crippen LogP) is 5.30. The summed E-state index contributed by atoms with van der Waals surface area (Å²) in [6.07, 6.45) is 3.65. The van der Waals surface area contributed by atoms with Crippen LogP contribution < -0.4 is 20.9 Å². The number of hydrogen-bond donors (Lipinski definition) is 3. The van der Waals surface area contributed by atoms with Crippen molar-refractivity contribution in [3.63, 3.8) is 0 Å². The Labute approximate surface area is 180 Å². The third-order valence-electron chi connectivity index (χ3n) is 5.00. The Morgan fingerprint density at radius 2 is 1.61 bits per heavy atom. The quantitative estimate of drug-likeness (QED) is 0.522. The van der Waals surface area contributed by atoms with Crippen molar-refractivity contribution in [3.05, 3.63) is 66.2 Å². The van der Waals surface area contributed by atoms with Crippen molar-refractivity contribution in [3.8, 4) is 0 Å². The number of nitrogens with one attached hydrogen (secondary N) is 3. The highest BCUT2D eigenvalue weighted by Crippen LogP contribution is 2.23. The van der Waals surface area contributed by atoms with Crippen molar-refractivity contribution < 1.29 is 9.18 Å². The van der Waals surface area contributed by atoms with E-state index in [9.17, 15) is 9.18 Å².